The lowest BCUT2D eigenvalue weighted by Crippen LogP contribution is -2.26. The van der Waals surface area contributed by atoms with E-state index in [2.05, 4.69) is 9.98 Å². The normalized spacial score (nSPS) is 10.8. The Morgan fingerprint density at radius 2 is 1.83 bits per heavy atom. The van der Waals surface area contributed by atoms with Crippen molar-refractivity contribution < 1.29 is 14.6 Å². The SMILES string of the molecule is NC(N)=NC(N)=Nc1ccc(OCC(=O)O)cc1. The molecule has 0 spiro atoms. The minimum absolute atomic E-state index is 0.0748. The van der Waals surface area contributed by atoms with E-state index in [-0.39, 0.29) is 11.9 Å². The maximum Gasteiger partial charge on any atom is 0.341 e. The highest BCUT2D eigenvalue weighted by Gasteiger charge is 1.99. The molecular weight excluding hydrogens is 238 g/mol. The van der Waals surface area contributed by atoms with Crippen LogP contribution in [0.4, 0.5) is 5.69 Å². The number of benzene rings is 1. The zero-order valence-electron chi connectivity index (χ0n) is 9.41. The van der Waals surface area contributed by atoms with Gasteiger partial charge in [-0.3, -0.25) is 0 Å². The van der Waals surface area contributed by atoms with Gasteiger partial charge in [-0.15, -0.1) is 0 Å². The molecule has 7 N–H and O–H groups in total. The van der Waals surface area contributed by atoms with Crippen LogP contribution in [0.1, 0.15) is 0 Å². The molecule has 0 aliphatic heterocycles. The van der Waals surface area contributed by atoms with Gasteiger partial charge in [-0.25, -0.2) is 9.79 Å². The number of nitrogens with zero attached hydrogens (tertiary/aromatic N) is 2. The molecule has 0 aliphatic rings. The number of hydrogen-bond acceptors (Lipinski definition) is 3. The third kappa shape index (κ3) is 4.84. The maximum atomic E-state index is 10.3. The quantitative estimate of drug-likeness (QED) is 0.413. The molecule has 0 saturated heterocycles. The molecule has 8 nitrogen and oxygen atoms in total. The number of ether oxygens (including phenoxy) is 1. The molecule has 0 aliphatic carbocycles. The molecule has 8 heteroatoms. The lowest BCUT2D eigenvalue weighted by molar-refractivity contribution is -0.139. The fourth-order valence-electron chi connectivity index (χ4n) is 1.05. The van der Waals surface area contributed by atoms with Crippen LogP contribution in [0.2, 0.25) is 0 Å². The van der Waals surface area contributed by atoms with Gasteiger partial charge in [0.15, 0.2) is 12.6 Å². The number of guanidine groups is 2. The van der Waals surface area contributed by atoms with E-state index in [1.165, 1.54) is 0 Å². The van der Waals surface area contributed by atoms with Crippen LogP contribution in [0.3, 0.4) is 0 Å². The molecule has 0 amide bonds. The summed E-state index contributed by atoms with van der Waals surface area (Å²) in [5.41, 5.74) is 16.2. The van der Waals surface area contributed by atoms with Gasteiger partial charge in [0.25, 0.3) is 0 Å². The Bertz CT molecular complexity index is 477. The van der Waals surface area contributed by atoms with E-state index >= 15 is 0 Å². The molecule has 0 unspecified atom stereocenters. The Balaban J connectivity index is 2.71. The average molecular weight is 251 g/mol. The topological polar surface area (TPSA) is 149 Å². The summed E-state index contributed by atoms with van der Waals surface area (Å²) in [6.07, 6.45) is 0. The highest BCUT2D eigenvalue weighted by atomic mass is 16.5. The highest BCUT2D eigenvalue weighted by molar-refractivity contribution is 5.93. The fourth-order valence-corrected chi connectivity index (χ4v) is 1.05. The van der Waals surface area contributed by atoms with Crippen molar-refractivity contribution in [3.05, 3.63) is 24.3 Å². The monoisotopic (exact) mass is 251 g/mol. The Morgan fingerprint density at radius 1 is 1.22 bits per heavy atom. The second-order valence-electron chi connectivity index (χ2n) is 3.18. The number of nitrogens with two attached hydrogens (primary N) is 3. The van der Waals surface area contributed by atoms with E-state index in [0.717, 1.165) is 0 Å². The molecule has 0 heterocycles. The maximum absolute atomic E-state index is 10.3. The predicted molar refractivity (Wildman–Crippen MR) is 66.7 cm³/mol. The van der Waals surface area contributed by atoms with Crippen LogP contribution in [-0.2, 0) is 4.79 Å². The first kappa shape index (κ1) is 13.3. The van der Waals surface area contributed by atoms with Gasteiger partial charge in [-0.2, -0.15) is 4.99 Å². The molecular formula is C10H13N5O3. The molecule has 0 fully saturated rings. The largest absolute Gasteiger partial charge is 0.482 e. The van der Waals surface area contributed by atoms with Crippen LogP contribution in [0.5, 0.6) is 5.75 Å². The van der Waals surface area contributed by atoms with E-state index in [4.69, 9.17) is 27.0 Å². The summed E-state index contributed by atoms with van der Waals surface area (Å²) < 4.78 is 4.95. The van der Waals surface area contributed by atoms with Crippen molar-refractivity contribution in [3.8, 4) is 5.75 Å². The van der Waals surface area contributed by atoms with Gasteiger partial charge in [0.05, 0.1) is 5.69 Å². The first-order chi connectivity index (χ1) is 8.47. The number of carboxylic acids is 1. The first-order valence-corrected chi connectivity index (χ1v) is 4.86. The van der Waals surface area contributed by atoms with Crippen LogP contribution in [0.25, 0.3) is 0 Å². The van der Waals surface area contributed by atoms with Crippen LogP contribution in [0, 0.1) is 0 Å². The van der Waals surface area contributed by atoms with Crippen molar-refractivity contribution in [2.75, 3.05) is 6.61 Å². The number of aliphatic imine (C=N–C) groups is 2. The second kappa shape index (κ2) is 6.09. The smallest absolute Gasteiger partial charge is 0.341 e. The highest BCUT2D eigenvalue weighted by Crippen LogP contribution is 2.17. The summed E-state index contributed by atoms with van der Waals surface area (Å²) in [5.74, 6) is -0.891. The van der Waals surface area contributed by atoms with Crippen molar-refractivity contribution in [2.45, 2.75) is 0 Å². The molecule has 18 heavy (non-hydrogen) atoms. The van der Waals surface area contributed by atoms with E-state index in [1.54, 1.807) is 24.3 Å². The predicted octanol–water partition coefficient (Wildman–Crippen LogP) is -0.630. The van der Waals surface area contributed by atoms with Gasteiger partial charge < -0.3 is 27.0 Å². The van der Waals surface area contributed by atoms with Crippen molar-refractivity contribution in [1.82, 2.24) is 0 Å². The number of carboxylic acid groups (broad SMARTS) is 1. The molecule has 0 atom stereocenters. The zero-order valence-corrected chi connectivity index (χ0v) is 9.41. The Labute approximate surface area is 103 Å². The van der Waals surface area contributed by atoms with E-state index in [1.807, 2.05) is 0 Å². The summed E-state index contributed by atoms with van der Waals surface area (Å²) >= 11 is 0. The number of aliphatic carboxylic acids is 1. The zero-order chi connectivity index (χ0) is 13.5. The minimum atomic E-state index is -1.05. The van der Waals surface area contributed by atoms with E-state index in [0.29, 0.717) is 11.4 Å². The molecule has 1 rings (SSSR count). The van der Waals surface area contributed by atoms with Crippen LogP contribution < -0.4 is 21.9 Å². The van der Waals surface area contributed by atoms with Gasteiger partial charge in [-0.05, 0) is 24.3 Å². The third-order valence-corrected chi connectivity index (χ3v) is 1.69. The standard InChI is InChI=1S/C10H13N5O3/c11-9(12)15-10(13)14-6-1-3-7(4-2-6)18-5-8(16)17/h1-4H,5H2,(H,16,17)(H6,11,12,13,14,15). The first-order valence-electron chi connectivity index (χ1n) is 4.86. The average Bonchev–Trinajstić information content (AvgIpc) is 2.26. The van der Waals surface area contributed by atoms with Gasteiger partial charge in [0.1, 0.15) is 5.75 Å². The Morgan fingerprint density at radius 3 is 2.33 bits per heavy atom. The lowest BCUT2D eigenvalue weighted by Gasteiger charge is -2.02. The summed E-state index contributed by atoms with van der Waals surface area (Å²) in [6.45, 7) is -0.404. The Kier molecular flexibility index (Phi) is 4.50. The van der Waals surface area contributed by atoms with Crippen molar-refractivity contribution >= 4 is 23.6 Å². The van der Waals surface area contributed by atoms with Crippen LogP contribution in [-0.4, -0.2) is 29.6 Å². The molecule has 0 bridgehead atoms. The summed E-state index contributed by atoms with van der Waals surface area (Å²) in [5, 5.41) is 8.43. The van der Waals surface area contributed by atoms with Gasteiger partial charge in [0, 0.05) is 0 Å². The van der Waals surface area contributed by atoms with Crippen molar-refractivity contribution in [2.24, 2.45) is 27.2 Å². The molecule has 0 aromatic heterocycles. The van der Waals surface area contributed by atoms with E-state index < -0.39 is 12.6 Å². The second-order valence-corrected chi connectivity index (χ2v) is 3.18. The summed E-state index contributed by atoms with van der Waals surface area (Å²) in [7, 11) is 0. The van der Waals surface area contributed by atoms with Crippen molar-refractivity contribution in [1.29, 1.82) is 0 Å². The molecule has 0 saturated carbocycles. The Hall–Kier alpha value is -2.77. The molecule has 1 aromatic rings. The summed E-state index contributed by atoms with van der Waals surface area (Å²) in [4.78, 5) is 17.7. The van der Waals surface area contributed by atoms with Crippen molar-refractivity contribution in [3.63, 3.8) is 0 Å². The lowest BCUT2D eigenvalue weighted by atomic mass is 10.3. The van der Waals surface area contributed by atoms with Gasteiger partial charge in [0.2, 0.25) is 5.96 Å². The van der Waals surface area contributed by atoms with E-state index in [9.17, 15) is 4.79 Å². The fraction of sp³-hybridized carbons (Fsp3) is 0.100. The molecule has 96 valence electrons. The van der Waals surface area contributed by atoms with Gasteiger partial charge >= 0.3 is 5.97 Å². The number of hydrogen-bond donors (Lipinski definition) is 4. The van der Waals surface area contributed by atoms with Crippen LogP contribution in [0.15, 0.2) is 34.3 Å². The number of rotatable bonds is 4. The van der Waals surface area contributed by atoms with Crippen LogP contribution >= 0.6 is 0 Å². The van der Waals surface area contributed by atoms with Gasteiger partial charge in [-0.1, -0.05) is 0 Å². The summed E-state index contributed by atoms with van der Waals surface area (Å²) in [6, 6.07) is 6.30. The molecule has 1 aromatic carbocycles. The molecule has 0 radical (unpaired) electrons. The third-order valence-electron chi connectivity index (χ3n) is 1.69. The minimum Gasteiger partial charge on any atom is -0.482 e. The number of carbonyl (C=O) groups is 1.